The third-order valence-corrected chi connectivity index (χ3v) is 3.77. The Morgan fingerprint density at radius 3 is 2.91 bits per heavy atom. The molecule has 0 spiro atoms. The van der Waals surface area contributed by atoms with Crippen molar-refractivity contribution in [2.45, 2.75) is 20.4 Å². The number of ether oxygens (including phenoxy) is 2. The second kappa shape index (κ2) is 6.31. The fourth-order valence-corrected chi connectivity index (χ4v) is 2.77. The molecule has 0 bridgehead atoms. The van der Waals surface area contributed by atoms with Gasteiger partial charge < -0.3 is 14.4 Å². The summed E-state index contributed by atoms with van der Waals surface area (Å²) in [6, 6.07) is 5.75. The van der Waals surface area contributed by atoms with E-state index in [0.717, 1.165) is 17.1 Å². The molecule has 0 saturated heterocycles. The van der Waals surface area contributed by atoms with Gasteiger partial charge in [-0.15, -0.1) is 5.10 Å². The van der Waals surface area contributed by atoms with Crippen LogP contribution in [0, 0.1) is 5.92 Å². The maximum Gasteiger partial charge on any atom is 0.275 e. The Morgan fingerprint density at radius 1 is 1.36 bits per heavy atom. The van der Waals surface area contributed by atoms with Crippen molar-refractivity contribution in [3.8, 4) is 11.5 Å². The summed E-state index contributed by atoms with van der Waals surface area (Å²) in [4.78, 5) is 14.3. The number of fused-ring (bicyclic) bond motifs is 1. The standard InChI is InChI=1S/C15H17N3O3S/c1-10(2)6-18(15(19)12-8-22-17-16-12)7-11-3-4-13-14(5-11)21-9-20-13/h3-5,8,10H,6-7,9H2,1-2H3. The summed E-state index contributed by atoms with van der Waals surface area (Å²) < 4.78 is 14.5. The lowest BCUT2D eigenvalue weighted by atomic mass is 10.1. The Kier molecular flexibility index (Phi) is 4.24. The van der Waals surface area contributed by atoms with E-state index in [4.69, 9.17) is 9.47 Å². The lowest BCUT2D eigenvalue weighted by Gasteiger charge is -2.24. The SMILES string of the molecule is CC(C)CN(Cc1ccc2c(c1)OCO2)C(=O)c1csnn1. The Balaban J connectivity index is 1.79. The van der Waals surface area contributed by atoms with E-state index in [2.05, 4.69) is 23.4 Å². The predicted octanol–water partition coefficient (Wildman–Crippen LogP) is 2.57. The van der Waals surface area contributed by atoms with Crippen molar-refractivity contribution in [1.82, 2.24) is 14.5 Å². The first-order valence-electron chi connectivity index (χ1n) is 7.08. The van der Waals surface area contributed by atoms with Crippen molar-refractivity contribution in [2.24, 2.45) is 5.92 Å². The van der Waals surface area contributed by atoms with Gasteiger partial charge in [-0.3, -0.25) is 4.79 Å². The lowest BCUT2D eigenvalue weighted by molar-refractivity contribution is 0.0716. The van der Waals surface area contributed by atoms with Gasteiger partial charge in [0.25, 0.3) is 5.91 Å². The molecule has 22 heavy (non-hydrogen) atoms. The van der Waals surface area contributed by atoms with Crippen LogP contribution in [0.25, 0.3) is 0 Å². The summed E-state index contributed by atoms with van der Waals surface area (Å²) in [6.45, 7) is 5.58. The average molecular weight is 319 g/mol. The minimum Gasteiger partial charge on any atom is -0.454 e. The minimum atomic E-state index is -0.0971. The lowest BCUT2D eigenvalue weighted by Crippen LogP contribution is -2.34. The molecule has 0 fully saturated rings. The highest BCUT2D eigenvalue weighted by Gasteiger charge is 2.21. The molecule has 2 aromatic rings. The van der Waals surface area contributed by atoms with Crippen LogP contribution in [0.2, 0.25) is 0 Å². The van der Waals surface area contributed by atoms with Crippen molar-refractivity contribution in [3.05, 3.63) is 34.8 Å². The van der Waals surface area contributed by atoms with E-state index >= 15 is 0 Å². The Labute approximate surface area is 132 Å². The second-order valence-corrected chi connectivity index (χ2v) is 6.17. The zero-order chi connectivity index (χ0) is 15.5. The zero-order valence-electron chi connectivity index (χ0n) is 12.5. The number of carbonyl (C=O) groups excluding carboxylic acids is 1. The van der Waals surface area contributed by atoms with Gasteiger partial charge in [0.15, 0.2) is 17.2 Å². The van der Waals surface area contributed by atoms with E-state index < -0.39 is 0 Å². The van der Waals surface area contributed by atoms with E-state index in [1.807, 2.05) is 18.2 Å². The third kappa shape index (κ3) is 3.19. The topological polar surface area (TPSA) is 64.6 Å². The molecule has 1 aliphatic rings. The molecule has 1 aromatic heterocycles. The monoisotopic (exact) mass is 319 g/mol. The van der Waals surface area contributed by atoms with Crippen LogP contribution in [0.3, 0.4) is 0 Å². The first-order valence-corrected chi connectivity index (χ1v) is 7.92. The summed E-state index contributed by atoms with van der Waals surface area (Å²) in [7, 11) is 0. The van der Waals surface area contributed by atoms with Crippen LogP contribution in [-0.4, -0.2) is 33.7 Å². The summed E-state index contributed by atoms with van der Waals surface area (Å²) in [6.07, 6.45) is 0. The molecule has 1 aliphatic heterocycles. The fourth-order valence-electron chi connectivity index (χ4n) is 2.34. The average Bonchev–Trinajstić information content (AvgIpc) is 3.16. The molecule has 116 valence electrons. The van der Waals surface area contributed by atoms with Gasteiger partial charge in [-0.1, -0.05) is 24.4 Å². The van der Waals surface area contributed by atoms with E-state index in [1.54, 1.807) is 10.3 Å². The smallest absolute Gasteiger partial charge is 0.275 e. The van der Waals surface area contributed by atoms with E-state index in [0.29, 0.717) is 24.7 Å². The highest BCUT2D eigenvalue weighted by molar-refractivity contribution is 7.03. The minimum absolute atomic E-state index is 0.0971. The fraction of sp³-hybridized carbons (Fsp3) is 0.400. The molecule has 0 saturated carbocycles. The Hall–Kier alpha value is -2.15. The predicted molar refractivity (Wildman–Crippen MR) is 82.1 cm³/mol. The van der Waals surface area contributed by atoms with Crippen LogP contribution >= 0.6 is 11.5 Å². The quantitative estimate of drug-likeness (QED) is 0.847. The van der Waals surface area contributed by atoms with Crippen LogP contribution in [0.5, 0.6) is 11.5 Å². The summed E-state index contributed by atoms with van der Waals surface area (Å²) in [5.74, 6) is 1.74. The van der Waals surface area contributed by atoms with Gasteiger partial charge in [0.2, 0.25) is 6.79 Å². The molecule has 0 aliphatic carbocycles. The van der Waals surface area contributed by atoms with E-state index in [1.165, 1.54) is 11.5 Å². The zero-order valence-corrected chi connectivity index (χ0v) is 13.3. The molecule has 2 heterocycles. The van der Waals surface area contributed by atoms with Crippen LogP contribution in [0.4, 0.5) is 0 Å². The van der Waals surface area contributed by atoms with Crippen LogP contribution in [0.1, 0.15) is 29.9 Å². The van der Waals surface area contributed by atoms with Crippen molar-refractivity contribution in [3.63, 3.8) is 0 Å². The number of hydrogen-bond donors (Lipinski definition) is 0. The Bertz CT molecular complexity index is 658. The number of hydrogen-bond acceptors (Lipinski definition) is 6. The summed E-state index contributed by atoms with van der Waals surface area (Å²) in [5, 5.41) is 5.55. The maximum atomic E-state index is 12.6. The van der Waals surface area contributed by atoms with Crippen molar-refractivity contribution < 1.29 is 14.3 Å². The van der Waals surface area contributed by atoms with Gasteiger partial charge in [0, 0.05) is 18.5 Å². The Morgan fingerprint density at radius 2 is 2.18 bits per heavy atom. The van der Waals surface area contributed by atoms with E-state index in [-0.39, 0.29) is 12.7 Å². The molecular weight excluding hydrogens is 302 g/mol. The van der Waals surface area contributed by atoms with Gasteiger partial charge in [-0.2, -0.15) is 0 Å². The molecule has 0 radical (unpaired) electrons. The van der Waals surface area contributed by atoms with Crippen molar-refractivity contribution >= 4 is 17.4 Å². The number of nitrogens with zero attached hydrogens (tertiary/aromatic N) is 3. The van der Waals surface area contributed by atoms with Gasteiger partial charge >= 0.3 is 0 Å². The molecule has 3 rings (SSSR count). The molecule has 0 atom stereocenters. The van der Waals surface area contributed by atoms with Crippen molar-refractivity contribution in [2.75, 3.05) is 13.3 Å². The molecule has 1 aromatic carbocycles. The first kappa shape index (κ1) is 14.8. The number of amides is 1. The summed E-state index contributed by atoms with van der Waals surface area (Å²) >= 11 is 1.18. The van der Waals surface area contributed by atoms with Gasteiger partial charge in [0.1, 0.15) is 0 Å². The normalized spacial score (nSPS) is 12.7. The summed E-state index contributed by atoms with van der Waals surface area (Å²) in [5.41, 5.74) is 1.40. The number of benzene rings is 1. The van der Waals surface area contributed by atoms with Crippen LogP contribution in [0.15, 0.2) is 23.6 Å². The number of aromatic nitrogens is 2. The first-order chi connectivity index (χ1) is 10.6. The maximum absolute atomic E-state index is 12.6. The van der Waals surface area contributed by atoms with Gasteiger partial charge in [0.05, 0.1) is 0 Å². The van der Waals surface area contributed by atoms with Crippen LogP contribution in [-0.2, 0) is 6.54 Å². The highest BCUT2D eigenvalue weighted by Crippen LogP contribution is 2.32. The third-order valence-electron chi connectivity index (χ3n) is 3.26. The molecule has 6 nitrogen and oxygen atoms in total. The van der Waals surface area contributed by atoms with Gasteiger partial charge in [-0.25, -0.2) is 0 Å². The van der Waals surface area contributed by atoms with Crippen molar-refractivity contribution in [1.29, 1.82) is 0 Å². The largest absolute Gasteiger partial charge is 0.454 e. The molecule has 0 N–H and O–H groups in total. The van der Waals surface area contributed by atoms with E-state index in [9.17, 15) is 4.79 Å². The number of rotatable bonds is 5. The second-order valence-electron chi connectivity index (χ2n) is 5.56. The molecule has 7 heteroatoms. The molecule has 1 amide bonds. The number of carbonyl (C=O) groups is 1. The van der Waals surface area contributed by atoms with Crippen LogP contribution < -0.4 is 9.47 Å². The highest BCUT2D eigenvalue weighted by atomic mass is 32.1. The van der Waals surface area contributed by atoms with Gasteiger partial charge in [-0.05, 0) is 35.1 Å². The molecule has 0 unspecified atom stereocenters. The molecular formula is C15H17N3O3S.